The fourth-order valence-electron chi connectivity index (χ4n) is 2.36. The van der Waals surface area contributed by atoms with Crippen molar-refractivity contribution in [2.75, 3.05) is 38.6 Å². The van der Waals surface area contributed by atoms with Gasteiger partial charge in [-0.25, -0.2) is 0 Å². The number of anilines is 1. The summed E-state index contributed by atoms with van der Waals surface area (Å²) < 4.78 is 0. The number of halogens is 1. The molecule has 1 N–H and O–H groups in total. The average Bonchev–Trinajstić information content (AvgIpc) is 2.46. The van der Waals surface area contributed by atoms with Gasteiger partial charge in [-0.2, -0.15) is 5.26 Å². The number of hydrogen-bond acceptors (Lipinski definition) is 4. The summed E-state index contributed by atoms with van der Waals surface area (Å²) in [6.07, 6.45) is 0. The van der Waals surface area contributed by atoms with Crippen molar-refractivity contribution in [3.63, 3.8) is 0 Å². The highest BCUT2D eigenvalue weighted by molar-refractivity contribution is 6.30. The third-order valence-electron chi connectivity index (χ3n) is 3.36. The van der Waals surface area contributed by atoms with E-state index in [0.717, 1.165) is 12.2 Å². The molecule has 1 saturated heterocycles. The number of rotatable bonds is 2. The maximum absolute atomic E-state index is 12.3. The SMILES string of the molecule is CN(C)C(=O)C1CNCCN1c1ccc(Cl)cc1C#N. The van der Waals surface area contributed by atoms with E-state index in [9.17, 15) is 10.1 Å². The van der Waals surface area contributed by atoms with Gasteiger partial charge in [0.15, 0.2) is 0 Å². The molecule has 6 heteroatoms. The first-order valence-corrected chi connectivity index (χ1v) is 6.80. The second-order valence-electron chi connectivity index (χ2n) is 4.92. The van der Waals surface area contributed by atoms with Crippen LogP contribution < -0.4 is 10.2 Å². The number of carbonyl (C=O) groups is 1. The van der Waals surface area contributed by atoms with Crippen LogP contribution in [0.25, 0.3) is 0 Å². The lowest BCUT2D eigenvalue weighted by atomic mass is 10.1. The van der Waals surface area contributed by atoms with Gasteiger partial charge in [0.1, 0.15) is 12.1 Å². The lowest BCUT2D eigenvalue weighted by molar-refractivity contribution is -0.130. The van der Waals surface area contributed by atoms with Gasteiger partial charge in [-0.15, -0.1) is 0 Å². The second-order valence-corrected chi connectivity index (χ2v) is 5.36. The van der Waals surface area contributed by atoms with Gasteiger partial charge >= 0.3 is 0 Å². The molecule has 0 spiro atoms. The molecule has 1 aromatic rings. The van der Waals surface area contributed by atoms with Gasteiger partial charge < -0.3 is 15.1 Å². The minimum Gasteiger partial charge on any atom is -0.356 e. The normalized spacial score (nSPS) is 18.5. The third kappa shape index (κ3) is 2.87. The van der Waals surface area contributed by atoms with Crippen LogP contribution in [0.15, 0.2) is 18.2 Å². The number of piperazine rings is 1. The van der Waals surface area contributed by atoms with Gasteiger partial charge in [0.25, 0.3) is 0 Å². The van der Waals surface area contributed by atoms with E-state index in [1.165, 1.54) is 0 Å². The Bertz CT molecular complexity index is 553. The Morgan fingerprint density at radius 1 is 1.55 bits per heavy atom. The van der Waals surface area contributed by atoms with E-state index < -0.39 is 0 Å². The molecule has 0 saturated carbocycles. The summed E-state index contributed by atoms with van der Waals surface area (Å²) in [5.74, 6) is 0.0241. The molecule has 0 aliphatic carbocycles. The third-order valence-corrected chi connectivity index (χ3v) is 3.59. The van der Waals surface area contributed by atoms with Gasteiger partial charge in [0.2, 0.25) is 5.91 Å². The smallest absolute Gasteiger partial charge is 0.246 e. The van der Waals surface area contributed by atoms with Gasteiger partial charge in [-0.05, 0) is 18.2 Å². The van der Waals surface area contributed by atoms with E-state index in [1.807, 2.05) is 11.0 Å². The zero-order chi connectivity index (χ0) is 14.7. The number of nitrogens with one attached hydrogen (secondary N) is 1. The molecule has 1 heterocycles. The molecule has 20 heavy (non-hydrogen) atoms. The highest BCUT2D eigenvalue weighted by atomic mass is 35.5. The van der Waals surface area contributed by atoms with Gasteiger partial charge in [-0.3, -0.25) is 4.79 Å². The summed E-state index contributed by atoms with van der Waals surface area (Å²) >= 11 is 5.93. The standard InChI is InChI=1S/C14H17ClN4O/c1-18(2)14(20)13-9-17-5-6-19(13)12-4-3-11(15)7-10(12)8-16/h3-4,7,13,17H,5-6,9H2,1-2H3. The Kier molecular flexibility index (Phi) is 4.48. The molecule has 1 aliphatic heterocycles. The summed E-state index contributed by atoms with van der Waals surface area (Å²) in [6, 6.07) is 7.04. The van der Waals surface area contributed by atoms with Crippen LogP contribution in [-0.2, 0) is 4.79 Å². The lowest BCUT2D eigenvalue weighted by Gasteiger charge is -2.38. The van der Waals surface area contributed by atoms with E-state index in [-0.39, 0.29) is 11.9 Å². The van der Waals surface area contributed by atoms with Crippen LogP contribution >= 0.6 is 11.6 Å². The maximum Gasteiger partial charge on any atom is 0.246 e. The van der Waals surface area contributed by atoms with Crippen LogP contribution in [0.3, 0.4) is 0 Å². The quantitative estimate of drug-likeness (QED) is 0.886. The fourth-order valence-corrected chi connectivity index (χ4v) is 2.53. The van der Waals surface area contributed by atoms with Crippen molar-refractivity contribution in [1.82, 2.24) is 10.2 Å². The van der Waals surface area contributed by atoms with Gasteiger partial charge in [0.05, 0.1) is 11.3 Å². The second kappa shape index (κ2) is 6.12. The number of benzene rings is 1. The van der Waals surface area contributed by atoms with Crippen LogP contribution in [0.1, 0.15) is 5.56 Å². The van der Waals surface area contributed by atoms with E-state index in [2.05, 4.69) is 11.4 Å². The largest absolute Gasteiger partial charge is 0.356 e. The molecule has 1 fully saturated rings. The Hall–Kier alpha value is -1.77. The number of amides is 1. The molecule has 1 aromatic carbocycles. The predicted octanol–water partition coefficient (Wildman–Crippen LogP) is 1.08. The first kappa shape index (κ1) is 14.6. The van der Waals surface area contributed by atoms with Crippen LogP contribution in [0.5, 0.6) is 0 Å². The molecule has 106 valence electrons. The Morgan fingerprint density at radius 3 is 2.95 bits per heavy atom. The van der Waals surface area contributed by atoms with Gasteiger partial charge in [-0.1, -0.05) is 11.6 Å². The van der Waals surface area contributed by atoms with Crippen LogP contribution in [0.4, 0.5) is 5.69 Å². The number of likely N-dealkylation sites (N-methyl/N-ethyl adjacent to an activating group) is 1. The highest BCUT2D eigenvalue weighted by Crippen LogP contribution is 2.26. The topological polar surface area (TPSA) is 59.4 Å². The Morgan fingerprint density at radius 2 is 2.30 bits per heavy atom. The van der Waals surface area contributed by atoms with Crippen molar-refractivity contribution in [2.45, 2.75) is 6.04 Å². The molecule has 5 nitrogen and oxygen atoms in total. The molecular formula is C14H17ClN4O. The number of nitriles is 1. The first-order valence-electron chi connectivity index (χ1n) is 6.42. The predicted molar refractivity (Wildman–Crippen MR) is 78.9 cm³/mol. The zero-order valence-corrected chi connectivity index (χ0v) is 12.3. The molecule has 1 unspecified atom stereocenters. The van der Waals surface area contributed by atoms with E-state index in [1.54, 1.807) is 31.1 Å². The number of carbonyl (C=O) groups excluding carboxylic acids is 1. The monoisotopic (exact) mass is 292 g/mol. The van der Waals surface area contributed by atoms with E-state index in [0.29, 0.717) is 23.7 Å². The molecule has 1 amide bonds. The van der Waals surface area contributed by atoms with Crippen molar-refractivity contribution in [1.29, 1.82) is 5.26 Å². The van der Waals surface area contributed by atoms with Crippen molar-refractivity contribution in [2.24, 2.45) is 0 Å². The fraction of sp³-hybridized carbons (Fsp3) is 0.429. The summed E-state index contributed by atoms with van der Waals surface area (Å²) in [4.78, 5) is 15.8. The molecule has 0 bridgehead atoms. The summed E-state index contributed by atoms with van der Waals surface area (Å²) in [5.41, 5.74) is 1.26. The summed E-state index contributed by atoms with van der Waals surface area (Å²) in [5, 5.41) is 13.0. The summed E-state index contributed by atoms with van der Waals surface area (Å²) in [6.45, 7) is 2.04. The summed E-state index contributed by atoms with van der Waals surface area (Å²) in [7, 11) is 3.48. The van der Waals surface area contributed by atoms with Crippen molar-refractivity contribution < 1.29 is 4.79 Å². The Labute approximate surface area is 123 Å². The van der Waals surface area contributed by atoms with Crippen molar-refractivity contribution >= 4 is 23.2 Å². The molecule has 0 aromatic heterocycles. The maximum atomic E-state index is 12.3. The molecule has 1 atom stereocenters. The minimum atomic E-state index is -0.299. The van der Waals surface area contributed by atoms with Crippen LogP contribution in [-0.4, -0.2) is 50.6 Å². The molecule has 0 radical (unpaired) electrons. The lowest BCUT2D eigenvalue weighted by Crippen LogP contribution is -2.58. The van der Waals surface area contributed by atoms with Crippen LogP contribution in [0.2, 0.25) is 5.02 Å². The number of nitrogens with zero attached hydrogens (tertiary/aromatic N) is 3. The zero-order valence-electron chi connectivity index (χ0n) is 11.6. The van der Waals surface area contributed by atoms with Crippen molar-refractivity contribution in [3.05, 3.63) is 28.8 Å². The molecular weight excluding hydrogens is 276 g/mol. The first-order chi connectivity index (χ1) is 9.54. The number of hydrogen-bond donors (Lipinski definition) is 1. The van der Waals surface area contributed by atoms with Gasteiger partial charge in [0, 0.05) is 38.8 Å². The van der Waals surface area contributed by atoms with Crippen LogP contribution in [0, 0.1) is 11.3 Å². The minimum absolute atomic E-state index is 0.0241. The molecule has 2 rings (SSSR count). The van der Waals surface area contributed by atoms with E-state index >= 15 is 0 Å². The Balaban J connectivity index is 2.38. The highest BCUT2D eigenvalue weighted by Gasteiger charge is 2.31. The molecule has 1 aliphatic rings. The van der Waals surface area contributed by atoms with Crippen molar-refractivity contribution in [3.8, 4) is 6.07 Å². The average molecular weight is 293 g/mol. The van der Waals surface area contributed by atoms with E-state index in [4.69, 9.17) is 11.6 Å².